The zero-order valence-corrected chi connectivity index (χ0v) is 40.3. The van der Waals surface area contributed by atoms with Crippen LogP contribution in [-0.4, -0.2) is 98.8 Å². The number of hydrogen-bond acceptors (Lipinski definition) is 15. The van der Waals surface area contributed by atoms with E-state index in [1.54, 1.807) is 9.36 Å². The standard InChI is InChI=1S/C26H26N6O2.C23H19N5O2.C2H7N.CH2O.CH4.ClH/c1-31(2)16-15-22-23(25(33)34-17-18-9-4-3-5-10-18)24(32-26(27-22)28-29-30-32)21-14-8-12-19-11-6-7-13-20(19)21;1-15-20(22(29)30-14-16-8-3-2-4-9-16)21(28-23(24-15)25-26-27-28)19-13-7-11-17-10-5-6-12-18(17)19;1-3-2;1-2;;/h3-14,24H,15-17H2,1-2H3,(H,27,28,30);2-13,21H,14H2,1H3,(H,24,25,27);3H,1-2H3;1H2;1H4;1H. The second kappa shape index (κ2) is 26.0. The average Bonchev–Trinajstić information content (AvgIpc) is 4.07. The summed E-state index contributed by atoms with van der Waals surface area (Å²) in [5.41, 5.74) is 6.20. The zero-order valence-electron chi connectivity index (χ0n) is 39.5. The minimum absolute atomic E-state index is 0. The lowest BCUT2D eigenvalue weighted by Gasteiger charge is -2.30. The van der Waals surface area contributed by atoms with Gasteiger partial charge in [0.05, 0.1) is 11.1 Å². The number of hydrogen-bond donors (Lipinski definition) is 3. The van der Waals surface area contributed by atoms with Gasteiger partial charge in [0, 0.05) is 24.4 Å². The summed E-state index contributed by atoms with van der Waals surface area (Å²) in [4.78, 5) is 37.0. The predicted molar refractivity (Wildman–Crippen MR) is 279 cm³/mol. The first-order chi connectivity index (χ1) is 33.7. The van der Waals surface area contributed by atoms with Gasteiger partial charge in [-0.3, -0.25) is 0 Å². The maximum absolute atomic E-state index is 13.7. The maximum Gasteiger partial charge on any atom is 0.338 e. The number of carbonyl (C=O) groups excluding carboxylic acids is 3. The first-order valence-corrected chi connectivity index (χ1v) is 22.2. The van der Waals surface area contributed by atoms with Gasteiger partial charge in [-0.05, 0) is 99.8 Å². The molecule has 0 aliphatic carbocycles. The van der Waals surface area contributed by atoms with Crippen molar-refractivity contribution in [3.8, 4) is 0 Å². The lowest BCUT2D eigenvalue weighted by atomic mass is 9.90. The van der Waals surface area contributed by atoms with E-state index in [9.17, 15) is 9.59 Å². The molecule has 0 spiro atoms. The topological polar surface area (TPSA) is 196 Å². The van der Waals surface area contributed by atoms with Gasteiger partial charge in [-0.25, -0.2) is 9.59 Å². The van der Waals surface area contributed by atoms with Crippen LogP contribution in [0, 0.1) is 0 Å². The molecule has 0 amide bonds. The summed E-state index contributed by atoms with van der Waals surface area (Å²) in [5.74, 6) is 0.212. The minimum Gasteiger partial charge on any atom is -0.457 e. The number of aromatic nitrogens is 8. The number of esters is 2. The van der Waals surface area contributed by atoms with E-state index in [2.05, 4.69) is 70.1 Å². The quantitative estimate of drug-likeness (QED) is 0.105. The van der Waals surface area contributed by atoms with Gasteiger partial charge in [-0.1, -0.05) is 163 Å². The highest BCUT2D eigenvalue weighted by Gasteiger charge is 2.38. The molecule has 2 atom stereocenters. The van der Waals surface area contributed by atoms with Gasteiger partial charge in [-0.15, -0.1) is 12.4 Å². The summed E-state index contributed by atoms with van der Waals surface area (Å²) >= 11 is 0. The predicted octanol–water partition coefficient (Wildman–Crippen LogP) is 8.36. The molecule has 0 saturated carbocycles. The van der Waals surface area contributed by atoms with E-state index in [4.69, 9.17) is 14.3 Å². The van der Waals surface area contributed by atoms with Crippen molar-refractivity contribution in [2.45, 2.75) is 46.1 Å². The molecular formula is C53H59ClN12O5. The molecule has 4 heterocycles. The van der Waals surface area contributed by atoms with E-state index in [1.807, 2.05) is 169 Å². The Labute approximate surface area is 419 Å². The van der Waals surface area contributed by atoms with Crippen LogP contribution in [0.1, 0.15) is 55.1 Å². The molecule has 0 radical (unpaired) electrons. The third kappa shape index (κ3) is 12.6. The number of nitrogens with one attached hydrogen (secondary N) is 3. The number of nitrogens with zero attached hydrogens (tertiary/aromatic N) is 9. The molecule has 3 N–H and O–H groups in total. The number of allylic oxidation sites excluding steroid dienone is 1. The molecule has 10 rings (SSSR count). The smallest absolute Gasteiger partial charge is 0.338 e. The Kier molecular flexibility index (Phi) is 19.7. The van der Waals surface area contributed by atoms with Crippen LogP contribution in [0.3, 0.4) is 0 Å². The van der Waals surface area contributed by atoms with Crippen LogP contribution in [0.25, 0.3) is 21.5 Å². The molecule has 0 bridgehead atoms. The van der Waals surface area contributed by atoms with Crippen molar-refractivity contribution in [2.24, 2.45) is 0 Å². The molecule has 71 heavy (non-hydrogen) atoms. The summed E-state index contributed by atoms with van der Waals surface area (Å²) in [7, 11) is 7.76. The highest BCUT2D eigenvalue weighted by molar-refractivity contribution is 5.96. The minimum atomic E-state index is -0.516. The van der Waals surface area contributed by atoms with E-state index in [-0.39, 0.29) is 39.0 Å². The fraction of sp³-hybridized carbons (Fsp3) is 0.226. The maximum atomic E-state index is 13.7. The first kappa shape index (κ1) is 53.8. The Bertz CT molecular complexity index is 3060. The van der Waals surface area contributed by atoms with Gasteiger partial charge in [0.2, 0.25) is 11.9 Å². The Balaban J connectivity index is 0.000000238. The number of halogens is 1. The number of tetrazole rings is 2. The highest BCUT2D eigenvalue weighted by atomic mass is 35.5. The number of benzene rings is 6. The Hall–Kier alpha value is -8.12. The van der Waals surface area contributed by atoms with Gasteiger partial charge >= 0.3 is 11.9 Å². The monoisotopic (exact) mass is 978 g/mol. The van der Waals surface area contributed by atoms with Crippen molar-refractivity contribution < 1.29 is 23.9 Å². The number of anilines is 2. The van der Waals surface area contributed by atoms with Crippen LogP contribution < -0.4 is 16.0 Å². The van der Waals surface area contributed by atoms with Crippen LogP contribution in [0.2, 0.25) is 0 Å². The molecule has 17 nitrogen and oxygen atoms in total. The van der Waals surface area contributed by atoms with Crippen molar-refractivity contribution in [3.05, 3.63) is 190 Å². The van der Waals surface area contributed by atoms with Crippen LogP contribution in [0.15, 0.2) is 168 Å². The summed E-state index contributed by atoms with van der Waals surface area (Å²) in [6, 6.07) is 46.6. The largest absolute Gasteiger partial charge is 0.457 e. The van der Waals surface area contributed by atoms with Gasteiger partial charge in [0.25, 0.3) is 0 Å². The number of rotatable bonds is 11. The third-order valence-electron chi connectivity index (χ3n) is 11.2. The van der Waals surface area contributed by atoms with Crippen LogP contribution in [0.4, 0.5) is 11.9 Å². The zero-order chi connectivity index (χ0) is 48.7. The molecule has 2 unspecified atom stereocenters. The van der Waals surface area contributed by atoms with Crippen molar-refractivity contribution in [2.75, 3.05) is 45.4 Å². The van der Waals surface area contributed by atoms with Gasteiger partial charge in [0.1, 0.15) is 32.1 Å². The number of carbonyl (C=O) groups is 3. The van der Waals surface area contributed by atoms with Crippen molar-refractivity contribution >= 4 is 64.6 Å². The van der Waals surface area contributed by atoms with E-state index < -0.39 is 18.1 Å². The number of ether oxygens (including phenoxy) is 2. The van der Waals surface area contributed by atoms with E-state index in [0.29, 0.717) is 35.2 Å². The normalized spacial score (nSPS) is 14.2. The van der Waals surface area contributed by atoms with Crippen molar-refractivity contribution in [1.29, 1.82) is 0 Å². The van der Waals surface area contributed by atoms with Gasteiger partial charge in [-0.2, -0.15) is 9.36 Å². The Morgan fingerprint density at radius 3 is 1.51 bits per heavy atom. The molecule has 8 aromatic rings. The highest BCUT2D eigenvalue weighted by Crippen LogP contribution is 2.40. The van der Waals surface area contributed by atoms with E-state index >= 15 is 0 Å². The number of fused-ring (bicyclic) bond motifs is 4. The summed E-state index contributed by atoms with van der Waals surface area (Å²) < 4.78 is 14.8. The first-order valence-electron chi connectivity index (χ1n) is 22.2. The summed E-state index contributed by atoms with van der Waals surface area (Å²) in [6.07, 6.45) is 0.622. The molecule has 18 heteroatoms. The fourth-order valence-corrected chi connectivity index (χ4v) is 8.14. The summed E-state index contributed by atoms with van der Waals surface area (Å²) in [6.45, 7) is 4.98. The molecule has 368 valence electrons. The Morgan fingerprint density at radius 1 is 0.620 bits per heavy atom. The molecule has 0 fully saturated rings. The Morgan fingerprint density at radius 2 is 1.03 bits per heavy atom. The molecule has 6 aromatic carbocycles. The molecule has 2 aromatic heterocycles. The fourth-order valence-electron chi connectivity index (χ4n) is 8.14. The molecule has 2 aliphatic rings. The molecule has 2 aliphatic heterocycles. The van der Waals surface area contributed by atoms with E-state index in [1.165, 1.54) is 0 Å². The SMILES string of the molecule is C.C=O.CC1=C(C(=O)OCc2ccccc2)C(c2cccc3ccccc23)n2nnnc2N1.CN(C)CCC1=C(C(=O)OCc2ccccc2)C(c2cccc3ccccc23)n2nnnc2N1.CNC.Cl. The average molecular weight is 980 g/mol. The van der Waals surface area contributed by atoms with Crippen LogP contribution in [0.5, 0.6) is 0 Å². The van der Waals surface area contributed by atoms with Gasteiger partial charge < -0.3 is 35.1 Å². The van der Waals surface area contributed by atoms with E-state index in [0.717, 1.165) is 56.0 Å². The lowest BCUT2D eigenvalue weighted by molar-refractivity contribution is -0.141. The van der Waals surface area contributed by atoms with Crippen LogP contribution in [-0.2, 0) is 37.1 Å². The van der Waals surface area contributed by atoms with Crippen molar-refractivity contribution in [3.63, 3.8) is 0 Å². The van der Waals surface area contributed by atoms with Crippen molar-refractivity contribution in [1.82, 2.24) is 50.6 Å². The molecular weight excluding hydrogens is 920 g/mol. The molecule has 0 saturated heterocycles. The van der Waals surface area contributed by atoms with Gasteiger partial charge in [0.15, 0.2) is 0 Å². The lowest BCUT2D eigenvalue weighted by Crippen LogP contribution is -2.31. The third-order valence-corrected chi connectivity index (χ3v) is 11.2. The second-order valence-corrected chi connectivity index (χ2v) is 16.2. The second-order valence-electron chi connectivity index (χ2n) is 16.2. The van der Waals surface area contributed by atoms with Crippen LogP contribution >= 0.6 is 12.4 Å². The summed E-state index contributed by atoms with van der Waals surface area (Å²) in [5, 5.41) is 37.7.